The highest BCUT2D eigenvalue weighted by atomic mass is 31.2. The Labute approximate surface area is 229 Å². The molecule has 0 aliphatic rings. The molecule has 0 atom stereocenters. The highest BCUT2D eigenvalue weighted by Crippen LogP contribution is 2.49. The quantitative estimate of drug-likeness (QED) is 0.0660. The fourth-order valence-corrected chi connectivity index (χ4v) is 7.57. The van der Waals surface area contributed by atoms with E-state index in [9.17, 15) is 4.57 Å². The molecule has 218 valence electrons. The monoisotopic (exact) mass is 529 g/mol. The zero-order valence-electron chi connectivity index (χ0n) is 25.5. The van der Waals surface area contributed by atoms with Crippen LogP contribution in [0.1, 0.15) is 194 Å². The lowest BCUT2D eigenvalue weighted by Gasteiger charge is -2.19. The van der Waals surface area contributed by atoms with E-state index in [4.69, 9.17) is 4.52 Å². The van der Waals surface area contributed by atoms with Crippen molar-refractivity contribution in [2.24, 2.45) is 0 Å². The maximum absolute atomic E-state index is 13.6. The summed E-state index contributed by atoms with van der Waals surface area (Å²) >= 11 is 0. The third-order valence-corrected chi connectivity index (χ3v) is 10.4. The first-order valence-corrected chi connectivity index (χ1v) is 18.9. The van der Waals surface area contributed by atoms with Crippen LogP contribution in [0.25, 0.3) is 0 Å². The summed E-state index contributed by atoms with van der Waals surface area (Å²) in [6.45, 7) is 7.57. The molecular formula is C33H69O2P. The molecule has 0 N–H and O–H groups in total. The van der Waals surface area contributed by atoms with Crippen LogP contribution in [0.15, 0.2) is 0 Å². The van der Waals surface area contributed by atoms with E-state index < -0.39 is 7.37 Å². The predicted octanol–water partition coefficient (Wildman–Crippen LogP) is 12.9. The summed E-state index contributed by atoms with van der Waals surface area (Å²) < 4.78 is 19.8. The van der Waals surface area contributed by atoms with Crippen molar-refractivity contribution in [3.63, 3.8) is 0 Å². The molecule has 0 fully saturated rings. The lowest BCUT2D eigenvalue weighted by Crippen LogP contribution is -2.03. The van der Waals surface area contributed by atoms with Gasteiger partial charge in [0, 0.05) is 12.3 Å². The van der Waals surface area contributed by atoms with Gasteiger partial charge >= 0.3 is 0 Å². The normalized spacial score (nSPS) is 12.0. The molecule has 0 aromatic heterocycles. The summed E-state index contributed by atoms with van der Waals surface area (Å²) in [5.41, 5.74) is 0. The maximum atomic E-state index is 13.6. The smallest absolute Gasteiger partial charge is 0.203 e. The van der Waals surface area contributed by atoms with Crippen LogP contribution < -0.4 is 0 Å². The molecule has 0 spiro atoms. The highest BCUT2D eigenvalue weighted by Gasteiger charge is 2.22. The Morgan fingerprint density at radius 2 is 0.611 bits per heavy atom. The molecule has 0 heterocycles. The Morgan fingerprint density at radius 3 is 0.917 bits per heavy atom. The van der Waals surface area contributed by atoms with Gasteiger partial charge in [0.15, 0.2) is 0 Å². The average Bonchev–Trinajstić information content (AvgIpc) is 2.88. The van der Waals surface area contributed by atoms with Crippen molar-refractivity contribution in [3.8, 4) is 0 Å². The minimum Gasteiger partial charge on any atom is -0.328 e. The molecule has 2 nitrogen and oxygen atoms in total. The van der Waals surface area contributed by atoms with Gasteiger partial charge < -0.3 is 4.52 Å². The lowest BCUT2D eigenvalue weighted by molar-refractivity contribution is 0.299. The van der Waals surface area contributed by atoms with Crippen molar-refractivity contribution in [2.75, 3.05) is 18.9 Å². The second-order valence-electron chi connectivity index (χ2n) is 11.6. The largest absolute Gasteiger partial charge is 0.328 e. The van der Waals surface area contributed by atoms with Crippen molar-refractivity contribution in [3.05, 3.63) is 0 Å². The first-order valence-electron chi connectivity index (χ1n) is 16.9. The van der Waals surface area contributed by atoms with Gasteiger partial charge in [0.2, 0.25) is 7.37 Å². The molecule has 3 heteroatoms. The molecular weight excluding hydrogens is 459 g/mol. The molecule has 0 radical (unpaired) electrons. The second-order valence-corrected chi connectivity index (χ2v) is 14.4. The van der Waals surface area contributed by atoms with Crippen LogP contribution in [0.2, 0.25) is 0 Å². The van der Waals surface area contributed by atoms with Crippen molar-refractivity contribution >= 4 is 7.37 Å². The van der Waals surface area contributed by atoms with Gasteiger partial charge in [-0.3, -0.25) is 4.57 Å². The molecule has 0 saturated carbocycles. The molecule has 0 rings (SSSR count). The highest BCUT2D eigenvalue weighted by molar-refractivity contribution is 7.58. The Balaban J connectivity index is 4.06. The Morgan fingerprint density at radius 1 is 0.361 bits per heavy atom. The van der Waals surface area contributed by atoms with Crippen molar-refractivity contribution in [1.29, 1.82) is 0 Å². The van der Waals surface area contributed by atoms with E-state index >= 15 is 0 Å². The standard InChI is InChI=1S/C33H69O2P/c1-4-7-10-13-16-19-22-25-28-31-35-36(34,32-29-26-23-20-17-14-11-8-5-2)33-30-27-24-21-18-15-12-9-6-3/h4-33H2,1-3H3. The summed E-state index contributed by atoms with van der Waals surface area (Å²) in [5, 5.41) is 0. The Hall–Kier alpha value is 0.190. The summed E-state index contributed by atoms with van der Waals surface area (Å²) in [5.74, 6) is 0. The van der Waals surface area contributed by atoms with E-state index in [1.165, 1.54) is 154 Å². The van der Waals surface area contributed by atoms with E-state index in [0.717, 1.165) is 38.2 Å². The fraction of sp³-hybridized carbons (Fsp3) is 1.00. The van der Waals surface area contributed by atoms with E-state index in [-0.39, 0.29) is 0 Å². The van der Waals surface area contributed by atoms with Crippen molar-refractivity contribution < 1.29 is 9.09 Å². The van der Waals surface area contributed by atoms with Gasteiger partial charge in [-0.15, -0.1) is 0 Å². The van der Waals surface area contributed by atoms with Gasteiger partial charge in [-0.1, -0.05) is 175 Å². The van der Waals surface area contributed by atoms with Gasteiger partial charge in [-0.2, -0.15) is 0 Å². The van der Waals surface area contributed by atoms with Crippen LogP contribution >= 0.6 is 7.37 Å². The maximum Gasteiger partial charge on any atom is 0.203 e. The molecule has 0 aliphatic heterocycles. The Bertz CT molecular complexity index is 425. The second kappa shape index (κ2) is 29.7. The number of unbranched alkanes of at least 4 members (excludes halogenated alkanes) is 24. The van der Waals surface area contributed by atoms with Crippen LogP contribution in [-0.2, 0) is 9.09 Å². The van der Waals surface area contributed by atoms with Crippen molar-refractivity contribution in [2.45, 2.75) is 194 Å². The molecule has 0 amide bonds. The third-order valence-electron chi connectivity index (χ3n) is 7.78. The van der Waals surface area contributed by atoms with Crippen LogP contribution in [0.3, 0.4) is 0 Å². The fourth-order valence-electron chi connectivity index (χ4n) is 5.21. The van der Waals surface area contributed by atoms with Gasteiger partial charge in [0.25, 0.3) is 0 Å². The van der Waals surface area contributed by atoms with Gasteiger partial charge in [-0.05, 0) is 19.3 Å². The molecule has 0 bridgehead atoms. The minimum atomic E-state index is -2.43. The first-order chi connectivity index (χ1) is 17.7. The van der Waals surface area contributed by atoms with E-state index in [0.29, 0.717) is 0 Å². The van der Waals surface area contributed by atoms with Gasteiger partial charge in [0.1, 0.15) is 0 Å². The minimum absolute atomic E-state index is 0.724. The SMILES string of the molecule is CCCCCCCCCCCOP(=O)(CCCCCCCCCCC)CCCCCCCCCCC. The lowest BCUT2D eigenvalue weighted by atomic mass is 10.1. The summed E-state index contributed by atoms with van der Waals surface area (Å²) in [6.07, 6.45) is 37.3. The molecule has 0 saturated heterocycles. The van der Waals surface area contributed by atoms with Crippen LogP contribution in [0, 0.1) is 0 Å². The van der Waals surface area contributed by atoms with Gasteiger partial charge in [0.05, 0.1) is 6.61 Å². The molecule has 0 aromatic carbocycles. The van der Waals surface area contributed by atoms with E-state index in [1.807, 2.05) is 0 Å². The predicted molar refractivity (Wildman–Crippen MR) is 165 cm³/mol. The van der Waals surface area contributed by atoms with E-state index in [2.05, 4.69) is 20.8 Å². The molecule has 0 aromatic rings. The van der Waals surface area contributed by atoms with Crippen LogP contribution in [0.5, 0.6) is 0 Å². The van der Waals surface area contributed by atoms with E-state index in [1.54, 1.807) is 0 Å². The van der Waals surface area contributed by atoms with Crippen LogP contribution in [-0.4, -0.2) is 18.9 Å². The summed E-state index contributed by atoms with van der Waals surface area (Å²) in [7, 11) is -2.43. The molecule has 36 heavy (non-hydrogen) atoms. The summed E-state index contributed by atoms with van der Waals surface area (Å²) in [4.78, 5) is 0. The van der Waals surface area contributed by atoms with Crippen LogP contribution in [0.4, 0.5) is 0 Å². The Kier molecular flexibility index (Phi) is 29.9. The zero-order valence-corrected chi connectivity index (χ0v) is 26.4. The number of rotatable bonds is 31. The van der Waals surface area contributed by atoms with Gasteiger partial charge in [-0.25, -0.2) is 0 Å². The average molecular weight is 529 g/mol. The number of hydrogen-bond donors (Lipinski definition) is 0. The summed E-state index contributed by atoms with van der Waals surface area (Å²) in [6, 6.07) is 0. The number of hydrogen-bond acceptors (Lipinski definition) is 2. The third kappa shape index (κ3) is 27.2. The topological polar surface area (TPSA) is 26.3 Å². The molecule has 0 unspecified atom stereocenters. The first kappa shape index (κ1) is 36.2. The van der Waals surface area contributed by atoms with Crippen molar-refractivity contribution in [1.82, 2.24) is 0 Å². The molecule has 0 aliphatic carbocycles. The zero-order chi connectivity index (χ0) is 26.4.